The first-order valence-electron chi connectivity index (χ1n) is 6.66. The number of ether oxygens (including phenoxy) is 2. The van der Waals surface area contributed by atoms with E-state index in [2.05, 4.69) is 12.2 Å². The number of methoxy groups -OCH3 is 1. The monoisotopic (exact) mass is 243 g/mol. The Bertz CT molecular complexity index is 217. The van der Waals surface area contributed by atoms with Gasteiger partial charge in [-0.25, -0.2) is 0 Å². The van der Waals surface area contributed by atoms with Crippen LogP contribution >= 0.6 is 0 Å². The van der Waals surface area contributed by atoms with E-state index in [0.29, 0.717) is 13.0 Å². The minimum atomic E-state index is -0.221. The third-order valence-electron chi connectivity index (χ3n) is 3.04. The molecule has 1 aliphatic carbocycles. The van der Waals surface area contributed by atoms with E-state index in [0.717, 1.165) is 25.5 Å². The van der Waals surface area contributed by atoms with Crippen LogP contribution < -0.4 is 5.32 Å². The van der Waals surface area contributed by atoms with Gasteiger partial charge in [-0.1, -0.05) is 19.8 Å². The smallest absolute Gasteiger partial charge is 0.322 e. The highest BCUT2D eigenvalue weighted by atomic mass is 16.5. The van der Waals surface area contributed by atoms with Crippen molar-refractivity contribution in [2.45, 2.75) is 45.1 Å². The Balaban J connectivity index is 2.06. The molecule has 0 amide bonds. The fourth-order valence-corrected chi connectivity index (χ4v) is 1.72. The molecule has 0 spiro atoms. The fourth-order valence-electron chi connectivity index (χ4n) is 1.72. The molecule has 1 atom stereocenters. The highest BCUT2D eigenvalue weighted by molar-refractivity contribution is 5.75. The molecular formula is C13H25NO3. The van der Waals surface area contributed by atoms with Crippen molar-refractivity contribution in [1.82, 2.24) is 5.32 Å². The number of carbonyl (C=O) groups is 1. The minimum absolute atomic E-state index is 0.191. The first kappa shape index (κ1) is 14.5. The summed E-state index contributed by atoms with van der Waals surface area (Å²) in [6.07, 6.45) is 5.61. The first-order valence-corrected chi connectivity index (χ1v) is 6.66. The van der Waals surface area contributed by atoms with Crippen LogP contribution in [-0.4, -0.2) is 38.9 Å². The molecule has 1 fully saturated rings. The van der Waals surface area contributed by atoms with Gasteiger partial charge < -0.3 is 14.8 Å². The van der Waals surface area contributed by atoms with Crippen LogP contribution in [0.25, 0.3) is 0 Å². The van der Waals surface area contributed by atoms with Crippen molar-refractivity contribution in [3.05, 3.63) is 0 Å². The predicted molar refractivity (Wildman–Crippen MR) is 66.9 cm³/mol. The van der Waals surface area contributed by atoms with E-state index in [1.807, 2.05) is 0 Å². The Morgan fingerprint density at radius 3 is 2.76 bits per heavy atom. The lowest BCUT2D eigenvalue weighted by atomic mass is 10.2. The van der Waals surface area contributed by atoms with Gasteiger partial charge in [0.1, 0.15) is 6.04 Å². The molecule has 0 aromatic rings. The molecule has 4 nitrogen and oxygen atoms in total. The summed E-state index contributed by atoms with van der Waals surface area (Å²) in [6, 6.07) is -0.221. The largest absolute Gasteiger partial charge is 0.468 e. The van der Waals surface area contributed by atoms with Crippen molar-refractivity contribution in [2.75, 3.05) is 26.9 Å². The zero-order valence-electron chi connectivity index (χ0n) is 11.0. The van der Waals surface area contributed by atoms with E-state index >= 15 is 0 Å². The summed E-state index contributed by atoms with van der Waals surface area (Å²) in [6.45, 7) is 4.37. The molecule has 17 heavy (non-hydrogen) atoms. The lowest BCUT2D eigenvalue weighted by molar-refractivity contribution is -0.143. The van der Waals surface area contributed by atoms with Crippen LogP contribution in [0.5, 0.6) is 0 Å². The van der Waals surface area contributed by atoms with E-state index in [-0.39, 0.29) is 12.0 Å². The maximum Gasteiger partial charge on any atom is 0.322 e. The van der Waals surface area contributed by atoms with Gasteiger partial charge in [-0.2, -0.15) is 0 Å². The number of hydrogen-bond acceptors (Lipinski definition) is 4. The molecule has 0 aromatic carbocycles. The lowest BCUT2D eigenvalue weighted by Gasteiger charge is -2.15. The quantitative estimate of drug-likeness (QED) is 0.469. The van der Waals surface area contributed by atoms with Gasteiger partial charge >= 0.3 is 5.97 Å². The van der Waals surface area contributed by atoms with Gasteiger partial charge in [-0.3, -0.25) is 4.79 Å². The molecular weight excluding hydrogens is 218 g/mol. The second-order valence-electron chi connectivity index (χ2n) is 4.66. The summed E-state index contributed by atoms with van der Waals surface area (Å²) >= 11 is 0. The molecule has 0 aromatic heterocycles. The SMILES string of the molecule is CCCNC(CCOCCC1CC1)C(=O)OC. The number of esters is 1. The molecule has 0 heterocycles. The molecule has 4 heteroatoms. The Labute approximate surface area is 104 Å². The average Bonchev–Trinajstić information content (AvgIpc) is 3.15. The molecule has 0 saturated heterocycles. The van der Waals surface area contributed by atoms with Crippen LogP contribution in [0, 0.1) is 5.92 Å². The summed E-state index contributed by atoms with van der Waals surface area (Å²) in [5.74, 6) is 0.717. The Morgan fingerprint density at radius 2 is 2.18 bits per heavy atom. The molecule has 1 rings (SSSR count). The van der Waals surface area contributed by atoms with Gasteiger partial charge in [0.25, 0.3) is 0 Å². The van der Waals surface area contributed by atoms with Crippen molar-refractivity contribution >= 4 is 5.97 Å². The van der Waals surface area contributed by atoms with Gasteiger partial charge in [0.2, 0.25) is 0 Å². The van der Waals surface area contributed by atoms with Crippen LogP contribution in [0.1, 0.15) is 39.0 Å². The van der Waals surface area contributed by atoms with Crippen molar-refractivity contribution < 1.29 is 14.3 Å². The second-order valence-corrected chi connectivity index (χ2v) is 4.66. The topological polar surface area (TPSA) is 47.6 Å². The van der Waals surface area contributed by atoms with Gasteiger partial charge in [-0.05, 0) is 31.7 Å². The molecule has 100 valence electrons. The van der Waals surface area contributed by atoms with Crippen molar-refractivity contribution in [3.8, 4) is 0 Å². The predicted octanol–water partition coefficient (Wildman–Crippen LogP) is 1.73. The van der Waals surface area contributed by atoms with Crippen LogP contribution in [0.2, 0.25) is 0 Å². The average molecular weight is 243 g/mol. The van der Waals surface area contributed by atoms with Crippen molar-refractivity contribution in [1.29, 1.82) is 0 Å². The Hall–Kier alpha value is -0.610. The number of hydrogen-bond donors (Lipinski definition) is 1. The standard InChI is InChI=1S/C13H25NO3/c1-3-8-14-12(13(15)16-2)7-10-17-9-6-11-4-5-11/h11-12,14H,3-10H2,1-2H3. The molecule has 1 N–H and O–H groups in total. The third kappa shape index (κ3) is 6.64. The van der Waals surface area contributed by atoms with Gasteiger partial charge in [-0.15, -0.1) is 0 Å². The summed E-state index contributed by atoms with van der Waals surface area (Å²) in [4.78, 5) is 11.5. The van der Waals surface area contributed by atoms with Crippen LogP contribution in [0.15, 0.2) is 0 Å². The zero-order chi connectivity index (χ0) is 12.5. The van der Waals surface area contributed by atoms with Crippen molar-refractivity contribution in [3.63, 3.8) is 0 Å². The van der Waals surface area contributed by atoms with E-state index in [9.17, 15) is 4.79 Å². The fraction of sp³-hybridized carbons (Fsp3) is 0.923. The molecule has 0 bridgehead atoms. The van der Waals surface area contributed by atoms with Gasteiger partial charge in [0.15, 0.2) is 0 Å². The highest BCUT2D eigenvalue weighted by Crippen LogP contribution is 2.32. The number of rotatable bonds is 10. The van der Waals surface area contributed by atoms with Gasteiger partial charge in [0, 0.05) is 13.2 Å². The van der Waals surface area contributed by atoms with Crippen LogP contribution in [-0.2, 0) is 14.3 Å². The maximum absolute atomic E-state index is 11.5. The third-order valence-corrected chi connectivity index (χ3v) is 3.04. The summed E-state index contributed by atoms with van der Waals surface area (Å²) in [7, 11) is 1.43. The lowest BCUT2D eigenvalue weighted by Crippen LogP contribution is -2.39. The van der Waals surface area contributed by atoms with E-state index in [1.165, 1.54) is 26.4 Å². The maximum atomic E-state index is 11.5. The van der Waals surface area contributed by atoms with Crippen LogP contribution in [0.3, 0.4) is 0 Å². The van der Waals surface area contributed by atoms with Crippen LogP contribution in [0.4, 0.5) is 0 Å². The molecule has 0 radical (unpaired) electrons. The summed E-state index contributed by atoms with van der Waals surface area (Å²) in [5.41, 5.74) is 0. The van der Waals surface area contributed by atoms with Gasteiger partial charge in [0.05, 0.1) is 7.11 Å². The van der Waals surface area contributed by atoms with Crippen molar-refractivity contribution in [2.24, 2.45) is 5.92 Å². The summed E-state index contributed by atoms with van der Waals surface area (Å²) < 4.78 is 10.3. The molecule has 1 unspecified atom stereocenters. The molecule has 0 aliphatic heterocycles. The van der Waals surface area contributed by atoms with E-state index in [1.54, 1.807) is 0 Å². The van der Waals surface area contributed by atoms with E-state index in [4.69, 9.17) is 9.47 Å². The normalized spacial score (nSPS) is 16.8. The molecule has 1 saturated carbocycles. The second kappa shape index (κ2) is 8.48. The minimum Gasteiger partial charge on any atom is -0.468 e. The van der Waals surface area contributed by atoms with E-state index < -0.39 is 0 Å². The molecule has 1 aliphatic rings. The number of nitrogens with one attached hydrogen (secondary N) is 1. The Morgan fingerprint density at radius 1 is 1.41 bits per heavy atom. The zero-order valence-corrected chi connectivity index (χ0v) is 11.0. The Kier molecular flexibility index (Phi) is 7.21. The summed E-state index contributed by atoms with van der Waals surface area (Å²) in [5, 5.41) is 3.18. The number of carbonyl (C=O) groups excluding carboxylic acids is 1. The first-order chi connectivity index (χ1) is 8.27. The highest BCUT2D eigenvalue weighted by Gasteiger charge is 2.21.